The Morgan fingerprint density at radius 2 is 1.71 bits per heavy atom. The van der Waals surface area contributed by atoms with Crippen LogP contribution in [-0.2, 0) is 5.54 Å². The van der Waals surface area contributed by atoms with E-state index in [-0.39, 0.29) is 11.0 Å². The Kier molecular flexibility index (Phi) is 2.70. The number of nitrogens with zero attached hydrogens (tertiary/aromatic N) is 3. The van der Waals surface area contributed by atoms with Gasteiger partial charge in [0.25, 0.3) is 0 Å². The Morgan fingerprint density at radius 3 is 2.07 bits per heavy atom. The summed E-state index contributed by atoms with van der Waals surface area (Å²) in [5, 5.41) is 4.24. The molecule has 1 aromatic rings. The Labute approximate surface area is 86.5 Å². The fourth-order valence-electron chi connectivity index (χ4n) is 1.50. The van der Waals surface area contributed by atoms with Crippen LogP contribution in [0.15, 0.2) is 12.7 Å². The van der Waals surface area contributed by atoms with Crippen molar-refractivity contribution in [2.45, 2.75) is 47.1 Å². The third-order valence-corrected chi connectivity index (χ3v) is 4.01. The van der Waals surface area contributed by atoms with Gasteiger partial charge >= 0.3 is 0 Å². The molecule has 0 aliphatic rings. The maximum atomic E-state index is 4.24. The summed E-state index contributed by atoms with van der Waals surface area (Å²) in [6, 6.07) is 0. The monoisotopic (exact) mass is 195 g/mol. The molecule has 0 radical (unpaired) electrons. The molecular weight excluding hydrogens is 174 g/mol. The highest BCUT2D eigenvalue weighted by Crippen LogP contribution is 2.42. The first-order valence-corrected chi connectivity index (χ1v) is 5.15. The molecule has 0 aliphatic heterocycles. The third-order valence-electron chi connectivity index (χ3n) is 4.01. The van der Waals surface area contributed by atoms with Crippen molar-refractivity contribution in [2.75, 3.05) is 0 Å². The first-order valence-electron chi connectivity index (χ1n) is 5.15. The minimum atomic E-state index is -0.0162. The maximum Gasteiger partial charge on any atom is 0.137 e. The fourth-order valence-corrected chi connectivity index (χ4v) is 1.50. The minimum absolute atomic E-state index is 0.0162. The highest BCUT2D eigenvalue weighted by atomic mass is 15.4. The van der Waals surface area contributed by atoms with Gasteiger partial charge in [-0.3, -0.25) is 0 Å². The van der Waals surface area contributed by atoms with Gasteiger partial charge in [-0.15, -0.1) is 0 Å². The zero-order chi connectivity index (χ0) is 11.0. The van der Waals surface area contributed by atoms with Crippen LogP contribution >= 0.6 is 0 Å². The zero-order valence-corrected chi connectivity index (χ0v) is 10.1. The van der Waals surface area contributed by atoms with Crippen LogP contribution in [0.1, 0.15) is 41.5 Å². The molecule has 1 heterocycles. The molecule has 14 heavy (non-hydrogen) atoms. The molecule has 3 heteroatoms. The molecule has 0 aromatic carbocycles. The molecule has 0 saturated heterocycles. The lowest BCUT2D eigenvalue weighted by Gasteiger charge is -2.44. The fraction of sp³-hybridized carbons (Fsp3) is 0.818. The van der Waals surface area contributed by atoms with Gasteiger partial charge in [0.2, 0.25) is 0 Å². The van der Waals surface area contributed by atoms with E-state index in [4.69, 9.17) is 0 Å². The summed E-state index contributed by atoms with van der Waals surface area (Å²) in [5.74, 6) is 0.599. The van der Waals surface area contributed by atoms with Crippen LogP contribution in [0.3, 0.4) is 0 Å². The molecule has 3 nitrogen and oxygen atoms in total. The average molecular weight is 195 g/mol. The molecular formula is C11H21N3. The van der Waals surface area contributed by atoms with Crippen molar-refractivity contribution in [3.63, 3.8) is 0 Å². The van der Waals surface area contributed by atoms with Crippen molar-refractivity contribution in [1.82, 2.24) is 14.8 Å². The van der Waals surface area contributed by atoms with Crippen molar-refractivity contribution in [3.8, 4) is 0 Å². The Morgan fingerprint density at radius 1 is 1.14 bits per heavy atom. The van der Waals surface area contributed by atoms with E-state index in [2.05, 4.69) is 51.6 Å². The Bertz CT molecular complexity index is 283. The normalized spacial score (nSPS) is 13.6. The second-order valence-corrected chi connectivity index (χ2v) is 5.28. The molecule has 0 amide bonds. The number of aromatic nitrogens is 3. The Hall–Kier alpha value is -0.860. The van der Waals surface area contributed by atoms with Gasteiger partial charge in [-0.2, -0.15) is 5.10 Å². The standard InChI is InChI=1S/C11H21N3/c1-9(2)10(3,4)11(5,6)14-8-12-7-13-14/h7-9H,1-6H3. The van der Waals surface area contributed by atoms with Crippen LogP contribution in [0.25, 0.3) is 0 Å². The lowest BCUT2D eigenvalue weighted by Crippen LogP contribution is -2.45. The van der Waals surface area contributed by atoms with Crippen molar-refractivity contribution < 1.29 is 0 Å². The van der Waals surface area contributed by atoms with Crippen LogP contribution in [0, 0.1) is 11.3 Å². The topological polar surface area (TPSA) is 30.7 Å². The molecule has 1 rings (SSSR count). The molecule has 0 saturated carbocycles. The van der Waals surface area contributed by atoms with Gasteiger partial charge in [0, 0.05) is 0 Å². The number of rotatable bonds is 3. The molecule has 0 unspecified atom stereocenters. The van der Waals surface area contributed by atoms with E-state index < -0.39 is 0 Å². The van der Waals surface area contributed by atoms with E-state index in [1.54, 1.807) is 12.7 Å². The summed E-state index contributed by atoms with van der Waals surface area (Å²) in [5.41, 5.74) is 0.165. The van der Waals surface area contributed by atoms with Crippen molar-refractivity contribution in [1.29, 1.82) is 0 Å². The van der Waals surface area contributed by atoms with Crippen LogP contribution < -0.4 is 0 Å². The minimum Gasteiger partial charge on any atom is -0.247 e. The van der Waals surface area contributed by atoms with E-state index in [0.29, 0.717) is 5.92 Å². The molecule has 0 N–H and O–H groups in total. The molecule has 0 atom stereocenters. The summed E-state index contributed by atoms with van der Waals surface area (Å²) >= 11 is 0. The Balaban J connectivity index is 3.07. The smallest absolute Gasteiger partial charge is 0.137 e. The van der Waals surface area contributed by atoms with Gasteiger partial charge < -0.3 is 0 Å². The second kappa shape index (κ2) is 3.37. The van der Waals surface area contributed by atoms with Crippen LogP contribution in [0.2, 0.25) is 0 Å². The largest absolute Gasteiger partial charge is 0.247 e. The van der Waals surface area contributed by atoms with Crippen molar-refractivity contribution in [3.05, 3.63) is 12.7 Å². The van der Waals surface area contributed by atoms with E-state index >= 15 is 0 Å². The predicted octanol–water partition coefficient (Wildman–Crippen LogP) is 2.70. The summed E-state index contributed by atoms with van der Waals surface area (Å²) < 4.78 is 1.95. The quantitative estimate of drug-likeness (QED) is 0.742. The average Bonchev–Trinajstić information content (AvgIpc) is 2.55. The number of hydrogen-bond acceptors (Lipinski definition) is 2. The highest BCUT2D eigenvalue weighted by molar-refractivity contribution is 4.92. The molecule has 0 bridgehead atoms. The summed E-state index contributed by atoms with van der Waals surface area (Å²) in [6.07, 6.45) is 3.39. The van der Waals surface area contributed by atoms with Crippen LogP contribution in [-0.4, -0.2) is 14.8 Å². The summed E-state index contributed by atoms with van der Waals surface area (Å²) in [7, 11) is 0. The van der Waals surface area contributed by atoms with Gasteiger partial charge in [-0.25, -0.2) is 9.67 Å². The van der Waals surface area contributed by atoms with Crippen LogP contribution in [0.4, 0.5) is 0 Å². The van der Waals surface area contributed by atoms with Gasteiger partial charge in [0.1, 0.15) is 12.7 Å². The van der Waals surface area contributed by atoms with E-state index in [9.17, 15) is 0 Å². The van der Waals surface area contributed by atoms with E-state index in [1.165, 1.54) is 0 Å². The summed E-state index contributed by atoms with van der Waals surface area (Å²) in [4.78, 5) is 4.01. The SMILES string of the molecule is CC(C)C(C)(C)C(C)(C)n1cncn1. The van der Waals surface area contributed by atoms with E-state index in [1.807, 2.05) is 4.68 Å². The molecule has 0 spiro atoms. The molecule has 80 valence electrons. The highest BCUT2D eigenvalue weighted by Gasteiger charge is 2.41. The molecule has 0 fully saturated rings. The molecule has 1 aromatic heterocycles. The lowest BCUT2D eigenvalue weighted by molar-refractivity contribution is 0.0540. The third kappa shape index (κ3) is 1.56. The van der Waals surface area contributed by atoms with Gasteiger partial charge in [0.15, 0.2) is 0 Å². The van der Waals surface area contributed by atoms with Crippen molar-refractivity contribution in [2.24, 2.45) is 11.3 Å². The zero-order valence-electron chi connectivity index (χ0n) is 10.1. The second-order valence-electron chi connectivity index (χ2n) is 5.28. The first-order chi connectivity index (χ1) is 6.30. The first kappa shape index (κ1) is 11.2. The van der Waals surface area contributed by atoms with Gasteiger partial charge in [-0.05, 0) is 25.2 Å². The summed E-state index contributed by atoms with van der Waals surface area (Å²) in [6.45, 7) is 13.5. The van der Waals surface area contributed by atoms with E-state index in [0.717, 1.165) is 0 Å². The maximum absolute atomic E-state index is 4.24. The van der Waals surface area contributed by atoms with Gasteiger partial charge in [-0.1, -0.05) is 27.7 Å². The number of hydrogen-bond donors (Lipinski definition) is 0. The predicted molar refractivity (Wildman–Crippen MR) is 58.0 cm³/mol. The van der Waals surface area contributed by atoms with Crippen molar-refractivity contribution >= 4 is 0 Å². The lowest BCUT2D eigenvalue weighted by atomic mass is 9.67. The molecule has 0 aliphatic carbocycles. The van der Waals surface area contributed by atoms with Crippen LogP contribution in [0.5, 0.6) is 0 Å². The van der Waals surface area contributed by atoms with Gasteiger partial charge in [0.05, 0.1) is 5.54 Å².